The van der Waals surface area contributed by atoms with Crippen LogP contribution in [0.1, 0.15) is 17.5 Å². The molecule has 0 saturated heterocycles. The van der Waals surface area contributed by atoms with Crippen molar-refractivity contribution >= 4 is 11.9 Å². The fourth-order valence-electron chi connectivity index (χ4n) is 2.01. The molecule has 0 aliphatic rings. The largest absolute Gasteiger partial charge is 0.508 e. The van der Waals surface area contributed by atoms with Gasteiger partial charge >= 0.3 is 5.97 Å². The van der Waals surface area contributed by atoms with Gasteiger partial charge in [-0.15, -0.1) is 0 Å². The van der Waals surface area contributed by atoms with Crippen molar-refractivity contribution in [1.29, 1.82) is 0 Å². The number of aromatic nitrogens is 2. The summed E-state index contributed by atoms with van der Waals surface area (Å²) in [6.07, 6.45) is 4.16. The van der Waals surface area contributed by atoms with E-state index in [0.29, 0.717) is 6.42 Å². The van der Waals surface area contributed by atoms with Crippen LogP contribution in [0.5, 0.6) is 5.75 Å². The fraction of sp³-hybridized carbons (Fsp3) is 0.267. The lowest BCUT2D eigenvalue weighted by Gasteiger charge is -2.14. The van der Waals surface area contributed by atoms with Gasteiger partial charge in [0.15, 0.2) is 0 Å². The number of rotatable bonds is 7. The third-order valence-electron chi connectivity index (χ3n) is 3.21. The van der Waals surface area contributed by atoms with E-state index in [9.17, 15) is 19.8 Å². The first kappa shape index (κ1) is 15.6. The van der Waals surface area contributed by atoms with Crippen molar-refractivity contribution in [3.8, 4) is 5.75 Å². The number of amides is 1. The molecule has 1 heterocycles. The van der Waals surface area contributed by atoms with Gasteiger partial charge in [0.25, 0.3) is 0 Å². The first-order valence-corrected chi connectivity index (χ1v) is 6.82. The second-order valence-electron chi connectivity index (χ2n) is 4.94. The molecule has 0 unspecified atom stereocenters. The van der Waals surface area contributed by atoms with Gasteiger partial charge in [0.1, 0.15) is 11.8 Å². The Morgan fingerprint density at radius 1 is 1.23 bits per heavy atom. The van der Waals surface area contributed by atoms with Crippen LogP contribution in [0, 0.1) is 0 Å². The van der Waals surface area contributed by atoms with Crippen LogP contribution in [0.4, 0.5) is 0 Å². The lowest BCUT2D eigenvalue weighted by Crippen LogP contribution is -2.42. The first-order valence-electron chi connectivity index (χ1n) is 6.82. The number of aromatic amines is 1. The molecule has 7 nitrogen and oxygen atoms in total. The molecule has 22 heavy (non-hydrogen) atoms. The zero-order chi connectivity index (χ0) is 15.9. The summed E-state index contributed by atoms with van der Waals surface area (Å²) in [7, 11) is 0. The summed E-state index contributed by atoms with van der Waals surface area (Å²) in [6.45, 7) is 0. The number of aryl methyl sites for hydroxylation is 1. The monoisotopic (exact) mass is 303 g/mol. The average molecular weight is 303 g/mol. The summed E-state index contributed by atoms with van der Waals surface area (Å²) in [4.78, 5) is 23.1. The van der Waals surface area contributed by atoms with Crippen molar-refractivity contribution in [2.75, 3.05) is 0 Å². The summed E-state index contributed by atoms with van der Waals surface area (Å²) >= 11 is 0. The zero-order valence-corrected chi connectivity index (χ0v) is 11.8. The standard InChI is InChI=1S/C15H17N3O4/c19-12-4-1-10(2-5-12)7-13(15(21)22)18-14(20)6-3-11-8-16-17-9-11/h1-2,4-5,8-9,13,19H,3,6-7H2,(H,16,17)(H,18,20)(H,21,22)/t13-/m0/s1. The molecule has 0 bridgehead atoms. The van der Waals surface area contributed by atoms with E-state index in [2.05, 4.69) is 15.5 Å². The average Bonchev–Trinajstić information content (AvgIpc) is 3.00. The van der Waals surface area contributed by atoms with Crippen molar-refractivity contribution in [1.82, 2.24) is 15.5 Å². The third kappa shape index (κ3) is 4.62. The second kappa shape index (κ2) is 7.26. The highest BCUT2D eigenvalue weighted by atomic mass is 16.4. The molecule has 2 aromatic rings. The molecule has 0 saturated carbocycles. The van der Waals surface area contributed by atoms with Gasteiger partial charge in [0, 0.05) is 19.0 Å². The minimum absolute atomic E-state index is 0.111. The zero-order valence-electron chi connectivity index (χ0n) is 11.8. The van der Waals surface area contributed by atoms with Crippen LogP contribution in [0.25, 0.3) is 0 Å². The van der Waals surface area contributed by atoms with E-state index in [-0.39, 0.29) is 24.5 Å². The number of carbonyl (C=O) groups is 2. The Morgan fingerprint density at radius 3 is 2.55 bits per heavy atom. The van der Waals surface area contributed by atoms with Crippen molar-refractivity contribution in [2.24, 2.45) is 0 Å². The number of nitrogens with zero attached hydrogens (tertiary/aromatic N) is 1. The number of aliphatic carboxylic acids is 1. The number of aromatic hydroxyl groups is 1. The van der Waals surface area contributed by atoms with Gasteiger partial charge in [-0.3, -0.25) is 9.89 Å². The van der Waals surface area contributed by atoms with Crippen LogP contribution < -0.4 is 5.32 Å². The van der Waals surface area contributed by atoms with E-state index in [4.69, 9.17) is 0 Å². The van der Waals surface area contributed by atoms with Crippen LogP contribution >= 0.6 is 0 Å². The number of phenols is 1. The number of carboxylic acids is 1. The maximum Gasteiger partial charge on any atom is 0.326 e. The molecule has 0 spiro atoms. The number of H-pyrrole nitrogens is 1. The Balaban J connectivity index is 1.89. The molecule has 1 aromatic heterocycles. The third-order valence-corrected chi connectivity index (χ3v) is 3.21. The van der Waals surface area contributed by atoms with E-state index >= 15 is 0 Å². The maximum absolute atomic E-state index is 11.9. The number of carboxylic acid groups (broad SMARTS) is 1. The van der Waals surface area contributed by atoms with Gasteiger partial charge in [-0.25, -0.2) is 4.79 Å². The number of phenolic OH excluding ortho intramolecular Hbond substituents is 1. The van der Waals surface area contributed by atoms with Crippen LogP contribution in [0.3, 0.4) is 0 Å². The smallest absolute Gasteiger partial charge is 0.326 e. The number of benzene rings is 1. The Bertz CT molecular complexity index is 623. The van der Waals surface area contributed by atoms with Gasteiger partial charge in [-0.2, -0.15) is 5.10 Å². The first-order chi connectivity index (χ1) is 10.5. The molecular formula is C15H17N3O4. The molecule has 1 atom stereocenters. The van der Waals surface area contributed by atoms with Gasteiger partial charge in [0.2, 0.25) is 5.91 Å². The SMILES string of the molecule is O=C(CCc1cn[nH]c1)N[C@@H](Cc1ccc(O)cc1)C(=O)O. The summed E-state index contributed by atoms with van der Waals surface area (Å²) in [5.41, 5.74) is 1.61. The summed E-state index contributed by atoms with van der Waals surface area (Å²) in [5, 5.41) is 27.4. The molecule has 1 aromatic carbocycles. The van der Waals surface area contributed by atoms with E-state index in [1.165, 1.54) is 12.1 Å². The van der Waals surface area contributed by atoms with Gasteiger partial charge in [-0.1, -0.05) is 12.1 Å². The molecule has 7 heteroatoms. The topological polar surface area (TPSA) is 115 Å². The summed E-state index contributed by atoms with van der Waals surface area (Å²) in [5.74, 6) is -1.31. The number of nitrogens with one attached hydrogen (secondary N) is 2. The molecular weight excluding hydrogens is 286 g/mol. The van der Waals surface area contributed by atoms with E-state index in [1.54, 1.807) is 24.5 Å². The molecule has 0 radical (unpaired) electrons. The summed E-state index contributed by atoms with van der Waals surface area (Å²) in [6, 6.07) is 5.22. The van der Waals surface area contributed by atoms with Gasteiger partial charge < -0.3 is 15.5 Å². The molecule has 0 aliphatic carbocycles. The lowest BCUT2D eigenvalue weighted by atomic mass is 10.1. The minimum Gasteiger partial charge on any atom is -0.508 e. The molecule has 1 amide bonds. The highest BCUT2D eigenvalue weighted by molar-refractivity contribution is 5.83. The van der Waals surface area contributed by atoms with E-state index in [1.807, 2.05) is 0 Å². The Kier molecular flexibility index (Phi) is 5.13. The second-order valence-corrected chi connectivity index (χ2v) is 4.94. The molecule has 2 rings (SSSR count). The Labute approximate surface area is 127 Å². The number of hydrogen-bond donors (Lipinski definition) is 4. The van der Waals surface area contributed by atoms with E-state index in [0.717, 1.165) is 11.1 Å². The lowest BCUT2D eigenvalue weighted by molar-refractivity contribution is -0.141. The number of hydrogen-bond acceptors (Lipinski definition) is 4. The predicted molar refractivity (Wildman–Crippen MR) is 78.3 cm³/mol. The van der Waals surface area contributed by atoms with Crippen LogP contribution in [-0.4, -0.2) is 38.3 Å². The van der Waals surface area contributed by atoms with Crippen molar-refractivity contribution < 1.29 is 19.8 Å². The molecule has 0 aliphatic heterocycles. The molecule has 4 N–H and O–H groups in total. The Morgan fingerprint density at radius 2 is 1.95 bits per heavy atom. The maximum atomic E-state index is 11.9. The van der Waals surface area contributed by atoms with Crippen LogP contribution in [-0.2, 0) is 22.4 Å². The predicted octanol–water partition coefficient (Wildman–Crippen LogP) is 0.860. The van der Waals surface area contributed by atoms with Crippen molar-refractivity contribution in [3.63, 3.8) is 0 Å². The quantitative estimate of drug-likeness (QED) is 0.605. The van der Waals surface area contributed by atoms with Crippen LogP contribution in [0.2, 0.25) is 0 Å². The van der Waals surface area contributed by atoms with E-state index < -0.39 is 12.0 Å². The van der Waals surface area contributed by atoms with Gasteiger partial charge in [0.05, 0.1) is 6.20 Å². The normalized spacial score (nSPS) is 11.8. The molecule has 116 valence electrons. The summed E-state index contributed by atoms with van der Waals surface area (Å²) < 4.78 is 0. The molecule has 0 fully saturated rings. The Hall–Kier alpha value is -2.83. The van der Waals surface area contributed by atoms with Crippen molar-refractivity contribution in [2.45, 2.75) is 25.3 Å². The fourth-order valence-corrected chi connectivity index (χ4v) is 2.01. The van der Waals surface area contributed by atoms with Crippen LogP contribution in [0.15, 0.2) is 36.7 Å². The van der Waals surface area contributed by atoms with Gasteiger partial charge in [-0.05, 0) is 29.7 Å². The van der Waals surface area contributed by atoms with Crippen molar-refractivity contribution in [3.05, 3.63) is 47.8 Å². The number of carbonyl (C=O) groups excluding carboxylic acids is 1. The minimum atomic E-state index is -1.09. The highest BCUT2D eigenvalue weighted by Crippen LogP contribution is 2.11. The highest BCUT2D eigenvalue weighted by Gasteiger charge is 2.20.